The first kappa shape index (κ1) is 15.7. The molecule has 4 nitrogen and oxygen atoms in total. The van der Waals surface area contributed by atoms with Gasteiger partial charge in [0.1, 0.15) is 0 Å². The molecular formula is C15H24N2O2. The number of benzene rings is 1. The number of methoxy groups -OCH3 is 1. The second-order valence-electron chi connectivity index (χ2n) is 5.02. The van der Waals surface area contributed by atoms with Gasteiger partial charge < -0.3 is 15.0 Å². The Balaban J connectivity index is 3.20. The Morgan fingerprint density at radius 1 is 1.37 bits per heavy atom. The number of carbonyl (C=O) groups is 1. The summed E-state index contributed by atoms with van der Waals surface area (Å²) in [6.07, 6.45) is 0. The van der Waals surface area contributed by atoms with Crippen LogP contribution in [0.1, 0.15) is 19.4 Å². The van der Waals surface area contributed by atoms with Crippen LogP contribution < -0.4 is 5.32 Å². The predicted molar refractivity (Wildman–Crippen MR) is 77.0 cm³/mol. The third-order valence-electron chi connectivity index (χ3n) is 3.60. The molecule has 0 heterocycles. The second-order valence-corrected chi connectivity index (χ2v) is 5.02. The highest BCUT2D eigenvalue weighted by molar-refractivity contribution is 5.83. The average molecular weight is 264 g/mol. The maximum absolute atomic E-state index is 12.3. The molecule has 1 aromatic rings. The Morgan fingerprint density at radius 2 is 1.95 bits per heavy atom. The Hall–Kier alpha value is -1.39. The molecule has 0 aliphatic carbocycles. The van der Waals surface area contributed by atoms with Crippen molar-refractivity contribution in [1.29, 1.82) is 0 Å². The van der Waals surface area contributed by atoms with E-state index in [1.165, 1.54) is 7.11 Å². The number of hydrogen-bond donors (Lipinski definition) is 1. The van der Waals surface area contributed by atoms with E-state index in [1.54, 1.807) is 7.05 Å². The third-order valence-corrected chi connectivity index (χ3v) is 3.60. The summed E-state index contributed by atoms with van der Waals surface area (Å²) in [7, 11) is 5.22. The van der Waals surface area contributed by atoms with Crippen LogP contribution in [-0.4, -0.2) is 44.7 Å². The summed E-state index contributed by atoms with van der Waals surface area (Å²) in [5, 5.41) is 3.15. The van der Waals surface area contributed by atoms with Crippen LogP contribution in [0.5, 0.6) is 0 Å². The Labute approximate surface area is 115 Å². The molecule has 1 N–H and O–H groups in total. The molecule has 0 spiro atoms. The SMILES string of the molecule is CNC(CN(C)C(C)C)(C(=O)OC)c1ccccc1. The van der Waals surface area contributed by atoms with Crippen LogP contribution in [0.15, 0.2) is 30.3 Å². The van der Waals surface area contributed by atoms with E-state index < -0.39 is 5.54 Å². The molecule has 0 saturated heterocycles. The van der Waals surface area contributed by atoms with E-state index in [9.17, 15) is 4.79 Å². The van der Waals surface area contributed by atoms with Gasteiger partial charge in [-0.3, -0.25) is 0 Å². The van der Waals surface area contributed by atoms with Crippen molar-refractivity contribution in [1.82, 2.24) is 10.2 Å². The van der Waals surface area contributed by atoms with Gasteiger partial charge in [-0.05, 0) is 33.5 Å². The fourth-order valence-electron chi connectivity index (χ4n) is 2.05. The van der Waals surface area contributed by atoms with E-state index in [2.05, 4.69) is 24.1 Å². The molecule has 0 bridgehead atoms. The second kappa shape index (κ2) is 6.68. The summed E-state index contributed by atoms with van der Waals surface area (Å²) < 4.78 is 5.01. The fourth-order valence-corrected chi connectivity index (χ4v) is 2.05. The van der Waals surface area contributed by atoms with Crippen molar-refractivity contribution in [3.8, 4) is 0 Å². The third kappa shape index (κ3) is 3.33. The van der Waals surface area contributed by atoms with Gasteiger partial charge in [0.25, 0.3) is 0 Å². The quantitative estimate of drug-likeness (QED) is 0.793. The van der Waals surface area contributed by atoms with Gasteiger partial charge in [-0.15, -0.1) is 0 Å². The highest BCUT2D eigenvalue weighted by atomic mass is 16.5. The molecule has 1 atom stereocenters. The molecular weight excluding hydrogens is 240 g/mol. The smallest absolute Gasteiger partial charge is 0.332 e. The topological polar surface area (TPSA) is 41.6 Å². The molecule has 0 aliphatic rings. The minimum absolute atomic E-state index is 0.270. The lowest BCUT2D eigenvalue weighted by Gasteiger charge is -2.36. The summed E-state index contributed by atoms with van der Waals surface area (Å²) in [6.45, 7) is 4.75. The molecule has 1 aromatic carbocycles. The first-order valence-electron chi connectivity index (χ1n) is 6.51. The minimum Gasteiger partial charge on any atom is -0.467 e. The van der Waals surface area contributed by atoms with E-state index in [0.717, 1.165) is 5.56 Å². The average Bonchev–Trinajstić information content (AvgIpc) is 2.44. The number of hydrogen-bond acceptors (Lipinski definition) is 4. The van der Waals surface area contributed by atoms with Gasteiger partial charge in [0.15, 0.2) is 5.54 Å². The number of ether oxygens (including phenoxy) is 1. The number of carbonyl (C=O) groups excluding carboxylic acids is 1. The zero-order valence-corrected chi connectivity index (χ0v) is 12.4. The van der Waals surface area contributed by atoms with Gasteiger partial charge in [0.2, 0.25) is 0 Å². The molecule has 4 heteroatoms. The number of nitrogens with one attached hydrogen (secondary N) is 1. The van der Waals surface area contributed by atoms with Crippen molar-refractivity contribution in [2.75, 3.05) is 27.7 Å². The van der Waals surface area contributed by atoms with Gasteiger partial charge in [-0.1, -0.05) is 30.3 Å². The molecule has 1 rings (SSSR count). The zero-order chi connectivity index (χ0) is 14.5. The van der Waals surface area contributed by atoms with E-state index in [0.29, 0.717) is 12.6 Å². The summed E-state index contributed by atoms with van der Waals surface area (Å²) >= 11 is 0. The first-order valence-corrected chi connectivity index (χ1v) is 6.51. The van der Waals surface area contributed by atoms with Gasteiger partial charge in [-0.25, -0.2) is 4.79 Å². The van der Waals surface area contributed by atoms with E-state index >= 15 is 0 Å². The standard InChI is InChI=1S/C15H24N2O2/c1-12(2)17(4)11-15(16-3,14(18)19-5)13-9-7-6-8-10-13/h6-10,12,16H,11H2,1-5H3. The van der Waals surface area contributed by atoms with Crippen LogP contribution >= 0.6 is 0 Å². The van der Waals surface area contributed by atoms with Crippen LogP contribution in [0, 0.1) is 0 Å². The van der Waals surface area contributed by atoms with Crippen molar-refractivity contribution in [2.24, 2.45) is 0 Å². The lowest BCUT2D eigenvalue weighted by Crippen LogP contribution is -2.56. The summed E-state index contributed by atoms with van der Waals surface area (Å²) in [5.74, 6) is -0.270. The van der Waals surface area contributed by atoms with Crippen molar-refractivity contribution < 1.29 is 9.53 Å². The van der Waals surface area contributed by atoms with Crippen LogP contribution in [-0.2, 0) is 15.1 Å². The number of rotatable bonds is 6. The largest absolute Gasteiger partial charge is 0.467 e. The lowest BCUT2D eigenvalue weighted by molar-refractivity contribution is -0.150. The molecule has 0 amide bonds. The molecule has 0 aliphatic heterocycles. The van der Waals surface area contributed by atoms with Crippen LogP contribution in [0.25, 0.3) is 0 Å². The Bertz CT molecular complexity index is 406. The Kier molecular flexibility index (Phi) is 5.51. The van der Waals surface area contributed by atoms with Crippen LogP contribution in [0.4, 0.5) is 0 Å². The fraction of sp³-hybridized carbons (Fsp3) is 0.533. The van der Waals surface area contributed by atoms with E-state index in [4.69, 9.17) is 4.74 Å². The number of likely N-dealkylation sites (N-methyl/N-ethyl adjacent to an activating group) is 2. The highest BCUT2D eigenvalue weighted by Crippen LogP contribution is 2.24. The van der Waals surface area contributed by atoms with Crippen molar-refractivity contribution in [2.45, 2.75) is 25.4 Å². The normalized spacial score (nSPS) is 14.5. The number of nitrogens with zero attached hydrogens (tertiary/aromatic N) is 1. The Morgan fingerprint density at radius 3 is 2.37 bits per heavy atom. The van der Waals surface area contributed by atoms with E-state index in [1.807, 2.05) is 37.4 Å². The summed E-state index contributed by atoms with van der Waals surface area (Å²) in [6, 6.07) is 10.0. The van der Waals surface area contributed by atoms with Gasteiger partial charge in [-0.2, -0.15) is 0 Å². The molecule has 0 radical (unpaired) electrons. The summed E-state index contributed by atoms with van der Waals surface area (Å²) in [5.41, 5.74) is 0.0755. The molecule has 0 aromatic heterocycles. The van der Waals surface area contributed by atoms with Crippen molar-refractivity contribution in [3.05, 3.63) is 35.9 Å². The molecule has 106 valence electrons. The van der Waals surface area contributed by atoms with Crippen LogP contribution in [0.2, 0.25) is 0 Å². The molecule has 1 unspecified atom stereocenters. The predicted octanol–water partition coefficient (Wildman–Crippen LogP) is 1.61. The van der Waals surface area contributed by atoms with Crippen molar-refractivity contribution in [3.63, 3.8) is 0 Å². The highest BCUT2D eigenvalue weighted by Gasteiger charge is 2.41. The van der Waals surface area contributed by atoms with Crippen molar-refractivity contribution >= 4 is 5.97 Å². The maximum atomic E-state index is 12.3. The molecule has 0 saturated carbocycles. The molecule has 19 heavy (non-hydrogen) atoms. The zero-order valence-electron chi connectivity index (χ0n) is 12.4. The lowest BCUT2D eigenvalue weighted by atomic mass is 9.89. The van der Waals surface area contributed by atoms with Gasteiger partial charge in [0, 0.05) is 12.6 Å². The van der Waals surface area contributed by atoms with Gasteiger partial charge >= 0.3 is 5.97 Å². The van der Waals surface area contributed by atoms with Gasteiger partial charge in [0.05, 0.1) is 7.11 Å². The van der Waals surface area contributed by atoms with E-state index in [-0.39, 0.29) is 5.97 Å². The monoisotopic (exact) mass is 264 g/mol. The first-order chi connectivity index (χ1) is 8.97. The molecule has 0 fully saturated rings. The minimum atomic E-state index is -0.838. The van der Waals surface area contributed by atoms with Crippen LogP contribution in [0.3, 0.4) is 0 Å². The summed E-state index contributed by atoms with van der Waals surface area (Å²) in [4.78, 5) is 14.4. The maximum Gasteiger partial charge on any atom is 0.332 e. The number of esters is 1.